The van der Waals surface area contributed by atoms with Crippen molar-refractivity contribution in [2.45, 2.75) is 72.6 Å². The Morgan fingerprint density at radius 3 is 2.47 bits per heavy atom. The molecule has 3 heterocycles. The number of aryl methyl sites for hydroxylation is 2. The molecule has 0 saturated carbocycles. The Labute approximate surface area is 216 Å². The molecule has 1 aromatic carbocycles. The van der Waals surface area contributed by atoms with E-state index < -0.39 is 18.1 Å². The average Bonchev–Trinajstić information content (AvgIpc) is 3.59. The van der Waals surface area contributed by atoms with Crippen molar-refractivity contribution < 1.29 is 19.2 Å². The first-order chi connectivity index (χ1) is 17.2. The van der Waals surface area contributed by atoms with Crippen molar-refractivity contribution >= 4 is 23.2 Å². The van der Waals surface area contributed by atoms with E-state index in [0.717, 1.165) is 21.7 Å². The Bertz CT molecular complexity index is 1150. The number of aliphatic hydroxyl groups excluding tert-OH is 1. The molecular weight excluding hydrogens is 476 g/mol. The van der Waals surface area contributed by atoms with E-state index in [9.17, 15) is 14.7 Å². The molecular formula is C27H36N4O4S. The van der Waals surface area contributed by atoms with E-state index in [4.69, 9.17) is 4.52 Å². The summed E-state index contributed by atoms with van der Waals surface area (Å²) < 4.78 is 5.38. The molecule has 3 aromatic rings. The van der Waals surface area contributed by atoms with E-state index in [1.165, 1.54) is 4.90 Å². The highest BCUT2D eigenvalue weighted by molar-refractivity contribution is 7.13. The second kappa shape index (κ2) is 12.3. The van der Waals surface area contributed by atoms with Gasteiger partial charge in [0.25, 0.3) is 0 Å². The molecule has 0 aliphatic carbocycles. The van der Waals surface area contributed by atoms with Crippen LogP contribution >= 0.6 is 11.3 Å². The first-order valence-corrected chi connectivity index (χ1v) is 13.3. The van der Waals surface area contributed by atoms with E-state index >= 15 is 0 Å². The number of aromatic nitrogens is 2. The van der Waals surface area contributed by atoms with Gasteiger partial charge < -0.3 is 19.8 Å². The van der Waals surface area contributed by atoms with Crippen LogP contribution in [0.2, 0.25) is 0 Å². The molecule has 3 unspecified atom stereocenters. The molecule has 0 spiro atoms. The van der Waals surface area contributed by atoms with Gasteiger partial charge in [-0.15, -0.1) is 11.3 Å². The molecule has 9 heteroatoms. The lowest BCUT2D eigenvalue weighted by atomic mass is 9.91. The van der Waals surface area contributed by atoms with Gasteiger partial charge in [-0.05, 0) is 30.9 Å². The Morgan fingerprint density at radius 2 is 1.92 bits per heavy atom. The lowest BCUT2D eigenvalue weighted by Gasteiger charge is -2.28. The minimum absolute atomic E-state index is 0.0537. The number of hydrogen-bond acceptors (Lipinski definition) is 7. The summed E-state index contributed by atoms with van der Waals surface area (Å²) in [7, 11) is 0. The Morgan fingerprint density at radius 1 is 1.22 bits per heavy atom. The fourth-order valence-corrected chi connectivity index (χ4v) is 5.22. The molecule has 0 radical (unpaired) electrons. The van der Waals surface area contributed by atoms with Gasteiger partial charge in [-0.2, -0.15) is 0 Å². The van der Waals surface area contributed by atoms with Gasteiger partial charge in [0, 0.05) is 25.6 Å². The van der Waals surface area contributed by atoms with Crippen LogP contribution in [0.4, 0.5) is 0 Å². The van der Waals surface area contributed by atoms with Crippen LogP contribution in [0.1, 0.15) is 62.7 Å². The Hall–Kier alpha value is -3.04. The number of nitrogens with zero attached hydrogens (tertiary/aromatic N) is 3. The van der Waals surface area contributed by atoms with Crippen molar-refractivity contribution in [1.29, 1.82) is 0 Å². The standard InChI is InChI=1S/C25H30N4O4S.C2H6/c1-14(2)22(21-9-15(3)28-33-21)25(32)29-12-19(30)10-20(29)24(31)26-11-17-5-7-18(8-6-17)23-16(4)27-13-34-23;1-2/h5-9,13-14,19-20,22,30H,10-12H2,1-4H3,(H,26,31);1-2H3. The molecule has 2 aromatic heterocycles. The summed E-state index contributed by atoms with van der Waals surface area (Å²) in [5.74, 6) is -0.642. The molecule has 4 rings (SSSR count). The van der Waals surface area contributed by atoms with Gasteiger partial charge in [-0.25, -0.2) is 4.98 Å². The van der Waals surface area contributed by atoms with Gasteiger partial charge in [-0.3, -0.25) is 9.59 Å². The third-order valence-electron chi connectivity index (χ3n) is 6.18. The smallest absolute Gasteiger partial charge is 0.243 e. The molecule has 0 bridgehead atoms. The molecule has 2 amide bonds. The summed E-state index contributed by atoms with van der Waals surface area (Å²) in [6.07, 6.45) is -0.535. The number of rotatable bonds is 7. The highest BCUT2D eigenvalue weighted by atomic mass is 32.1. The zero-order valence-corrected chi connectivity index (χ0v) is 22.6. The minimum atomic E-state index is -0.745. The van der Waals surface area contributed by atoms with Crippen LogP contribution in [-0.2, 0) is 16.1 Å². The number of carbonyl (C=O) groups excluding carboxylic acids is 2. The first-order valence-electron chi connectivity index (χ1n) is 12.4. The van der Waals surface area contributed by atoms with Gasteiger partial charge in [0.05, 0.1) is 27.9 Å². The number of nitrogens with one attached hydrogen (secondary N) is 1. The summed E-state index contributed by atoms with van der Waals surface area (Å²) in [4.78, 5) is 33.4. The van der Waals surface area contributed by atoms with E-state index in [0.29, 0.717) is 18.0 Å². The normalized spacial score (nSPS) is 18.1. The first kappa shape index (κ1) is 27.5. The van der Waals surface area contributed by atoms with Crippen LogP contribution in [0, 0.1) is 19.8 Å². The van der Waals surface area contributed by atoms with Crippen LogP contribution in [0.15, 0.2) is 40.4 Å². The molecule has 194 valence electrons. The number of likely N-dealkylation sites (tertiary alicyclic amines) is 1. The SMILES string of the molecule is CC.Cc1cc(C(C(=O)N2CC(O)CC2C(=O)NCc2ccc(-c3scnc3C)cc2)C(C)C)on1. The fourth-order valence-electron chi connectivity index (χ4n) is 4.41. The number of benzene rings is 1. The van der Waals surface area contributed by atoms with Gasteiger partial charge in [0.1, 0.15) is 17.7 Å². The second-order valence-electron chi connectivity index (χ2n) is 9.17. The molecule has 1 aliphatic rings. The van der Waals surface area contributed by atoms with Crippen LogP contribution in [0.5, 0.6) is 0 Å². The molecule has 1 saturated heterocycles. The number of thiazole rings is 1. The highest BCUT2D eigenvalue weighted by Crippen LogP contribution is 2.31. The summed E-state index contributed by atoms with van der Waals surface area (Å²) in [6, 6.07) is 9.01. The lowest BCUT2D eigenvalue weighted by molar-refractivity contribution is -0.141. The molecule has 1 aliphatic heterocycles. The lowest BCUT2D eigenvalue weighted by Crippen LogP contribution is -2.48. The third-order valence-corrected chi connectivity index (χ3v) is 7.16. The van der Waals surface area contributed by atoms with Crippen LogP contribution in [0.25, 0.3) is 10.4 Å². The Kier molecular flexibility index (Phi) is 9.39. The fraction of sp³-hybridized carbons (Fsp3) is 0.481. The molecule has 36 heavy (non-hydrogen) atoms. The van der Waals surface area contributed by atoms with Crippen molar-refractivity contribution in [3.63, 3.8) is 0 Å². The molecule has 2 N–H and O–H groups in total. The minimum Gasteiger partial charge on any atom is -0.391 e. The number of hydrogen-bond donors (Lipinski definition) is 2. The number of β-amino-alcohol motifs (C(OH)–C–C–N with tert-alkyl or cyclic N) is 1. The predicted octanol–water partition coefficient (Wildman–Crippen LogP) is 4.46. The van der Waals surface area contributed by atoms with Crippen LogP contribution in [0.3, 0.4) is 0 Å². The van der Waals surface area contributed by atoms with Gasteiger partial charge in [0.2, 0.25) is 11.8 Å². The van der Waals surface area contributed by atoms with Crippen molar-refractivity contribution in [3.8, 4) is 10.4 Å². The Balaban J connectivity index is 0.00000176. The van der Waals surface area contributed by atoms with Crippen LogP contribution < -0.4 is 5.32 Å². The summed E-state index contributed by atoms with van der Waals surface area (Å²) in [6.45, 7) is 12.1. The number of amides is 2. The topological polar surface area (TPSA) is 109 Å². The maximum Gasteiger partial charge on any atom is 0.243 e. The van der Waals surface area contributed by atoms with Gasteiger partial charge in [0.15, 0.2) is 0 Å². The number of carbonyl (C=O) groups is 2. The average molecular weight is 513 g/mol. The summed E-state index contributed by atoms with van der Waals surface area (Å²) in [5.41, 5.74) is 5.56. The quantitative estimate of drug-likeness (QED) is 0.484. The second-order valence-corrected chi connectivity index (χ2v) is 10.0. The maximum atomic E-state index is 13.5. The molecule has 8 nitrogen and oxygen atoms in total. The zero-order chi connectivity index (χ0) is 26.4. The molecule has 3 atom stereocenters. The predicted molar refractivity (Wildman–Crippen MR) is 140 cm³/mol. The van der Waals surface area contributed by atoms with Gasteiger partial charge in [-0.1, -0.05) is 57.1 Å². The molecule has 1 fully saturated rings. The van der Waals surface area contributed by atoms with Crippen molar-refractivity contribution in [2.24, 2.45) is 5.92 Å². The summed E-state index contributed by atoms with van der Waals surface area (Å²) in [5, 5.41) is 17.1. The van der Waals surface area contributed by atoms with E-state index in [2.05, 4.69) is 15.5 Å². The largest absolute Gasteiger partial charge is 0.391 e. The zero-order valence-electron chi connectivity index (χ0n) is 21.8. The monoisotopic (exact) mass is 512 g/mol. The highest BCUT2D eigenvalue weighted by Gasteiger charge is 2.43. The van der Waals surface area contributed by atoms with E-state index in [1.54, 1.807) is 24.3 Å². The maximum absolute atomic E-state index is 13.5. The van der Waals surface area contributed by atoms with Gasteiger partial charge >= 0.3 is 0 Å². The van der Waals surface area contributed by atoms with E-state index in [1.807, 2.05) is 64.4 Å². The van der Waals surface area contributed by atoms with Crippen molar-refractivity contribution in [1.82, 2.24) is 20.4 Å². The third kappa shape index (κ3) is 6.20. The van der Waals surface area contributed by atoms with Crippen LogP contribution in [-0.4, -0.2) is 50.7 Å². The van der Waals surface area contributed by atoms with E-state index in [-0.39, 0.29) is 30.7 Å². The number of aliphatic hydroxyl groups is 1. The van der Waals surface area contributed by atoms with Crippen molar-refractivity contribution in [2.75, 3.05) is 6.54 Å². The summed E-state index contributed by atoms with van der Waals surface area (Å²) >= 11 is 1.60. The van der Waals surface area contributed by atoms with Crippen molar-refractivity contribution in [3.05, 3.63) is 58.6 Å².